The zero-order valence-corrected chi connectivity index (χ0v) is 24.2. The van der Waals surface area contributed by atoms with Gasteiger partial charge in [-0.15, -0.1) is 0 Å². The maximum atomic E-state index is 13.1. The van der Waals surface area contributed by atoms with Crippen LogP contribution in [0.2, 0.25) is 0 Å². The lowest BCUT2D eigenvalue weighted by molar-refractivity contribution is -0.137. The van der Waals surface area contributed by atoms with Crippen LogP contribution in [0.25, 0.3) is 11.1 Å². The van der Waals surface area contributed by atoms with Crippen molar-refractivity contribution in [1.29, 1.82) is 0 Å². The Kier molecular flexibility index (Phi) is 9.09. The van der Waals surface area contributed by atoms with E-state index in [-0.39, 0.29) is 11.0 Å². The van der Waals surface area contributed by atoms with Gasteiger partial charge in [0.15, 0.2) is 0 Å². The van der Waals surface area contributed by atoms with Gasteiger partial charge < -0.3 is 4.74 Å². The first-order valence-electron chi connectivity index (χ1n) is 13.4. The summed E-state index contributed by atoms with van der Waals surface area (Å²) >= 11 is 0. The summed E-state index contributed by atoms with van der Waals surface area (Å²) < 4.78 is 73.5. The molecule has 1 aliphatic heterocycles. The Hall–Kier alpha value is -2.72. The molecule has 1 saturated heterocycles. The number of nitrogens with zero attached hydrogens (tertiary/aromatic N) is 1. The summed E-state index contributed by atoms with van der Waals surface area (Å²) in [6.45, 7) is 10.1. The van der Waals surface area contributed by atoms with Crippen LogP contribution in [-0.4, -0.2) is 38.1 Å². The van der Waals surface area contributed by atoms with Crippen molar-refractivity contribution >= 4 is 10.0 Å². The van der Waals surface area contributed by atoms with Crippen LogP contribution in [0, 0.1) is 6.92 Å². The largest absolute Gasteiger partial charge is 0.416 e. The van der Waals surface area contributed by atoms with Gasteiger partial charge in [0.1, 0.15) is 0 Å². The number of hydrogen-bond acceptors (Lipinski definition) is 4. The highest BCUT2D eigenvalue weighted by Crippen LogP contribution is 2.31. The van der Waals surface area contributed by atoms with Crippen molar-refractivity contribution in [1.82, 2.24) is 9.62 Å². The van der Waals surface area contributed by atoms with Crippen molar-refractivity contribution in [3.8, 4) is 11.1 Å². The fourth-order valence-electron chi connectivity index (χ4n) is 4.85. The van der Waals surface area contributed by atoms with Crippen molar-refractivity contribution in [2.24, 2.45) is 0 Å². The summed E-state index contributed by atoms with van der Waals surface area (Å²) in [6, 6.07) is 18.5. The molecule has 3 aromatic rings. The highest BCUT2D eigenvalue weighted by Gasteiger charge is 2.30. The first-order chi connectivity index (χ1) is 18.7. The van der Waals surface area contributed by atoms with Gasteiger partial charge >= 0.3 is 6.18 Å². The molecule has 0 amide bonds. The van der Waals surface area contributed by atoms with E-state index in [1.54, 1.807) is 24.3 Å². The van der Waals surface area contributed by atoms with Gasteiger partial charge in [0, 0.05) is 30.7 Å². The molecule has 4 rings (SSSR count). The first kappa shape index (κ1) is 30.2. The number of alkyl halides is 3. The van der Waals surface area contributed by atoms with E-state index in [9.17, 15) is 21.6 Å². The number of sulfonamides is 1. The minimum absolute atomic E-state index is 0.112. The third-order valence-corrected chi connectivity index (χ3v) is 8.65. The summed E-state index contributed by atoms with van der Waals surface area (Å²) in [5.41, 5.74) is 3.09. The van der Waals surface area contributed by atoms with Gasteiger partial charge in [-0.2, -0.15) is 13.2 Å². The Bertz CT molecular complexity index is 1390. The molecule has 9 heteroatoms. The van der Waals surface area contributed by atoms with Gasteiger partial charge in [0.25, 0.3) is 0 Å². The molecule has 0 spiro atoms. The molecule has 0 radical (unpaired) electrons. The lowest BCUT2D eigenvalue weighted by Gasteiger charge is -2.32. The normalized spacial score (nSPS) is 15.9. The number of hydrogen-bond donors (Lipinski definition) is 1. The Balaban J connectivity index is 1.32. The van der Waals surface area contributed by atoms with Crippen LogP contribution in [-0.2, 0) is 34.1 Å². The zero-order valence-electron chi connectivity index (χ0n) is 23.4. The zero-order chi connectivity index (χ0) is 29.1. The molecule has 0 aliphatic carbocycles. The maximum Gasteiger partial charge on any atom is 0.416 e. The Labute approximate surface area is 235 Å². The second-order valence-electron chi connectivity index (χ2n) is 11.5. The predicted octanol–water partition coefficient (Wildman–Crippen LogP) is 6.94. The third kappa shape index (κ3) is 8.16. The SMILES string of the molecule is Cc1ccc(S(=O)(=O)NC(C)(C)C)c(-c2ccc(COC3CCN(Cc4ccc(C(F)(F)F)cc4)CC3)cc2)c1. The second kappa shape index (κ2) is 12.0. The molecule has 1 aliphatic rings. The predicted molar refractivity (Wildman–Crippen MR) is 151 cm³/mol. The molecule has 1 heterocycles. The number of halogens is 3. The van der Waals surface area contributed by atoms with Crippen LogP contribution in [0.1, 0.15) is 55.9 Å². The van der Waals surface area contributed by atoms with E-state index in [0.29, 0.717) is 18.7 Å². The van der Waals surface area contributed by atoms with Crippen LogP contribution in [0.3, 0.4) is 0 Å². The summed E-state index contributed by atoms with van der Waals surface area (Å²) in [7, 11) is -3.70. The van der Waals surface area contributed by atoms with Gasteiger partial charge in [-0.05, 0) is 75.4 Å². The molecule has 5 nitrogen and oxygen atoms in total. The highest BCUT2D eigenvalue weighted by molar-refractivity contribution is 7.89. The third-order valence-electron chi connectivity index (χ3n) is 6.84. The van der Waals surface area contributed by atoms with Crippen LogP contribution in [0.5, 0.6) is 0 Å². The van der Waals surface area contributed by atoms with Crippen molar-refractivity contribution < 1.29 is 26.3 Å². The fourth-order valence-corrected chi connectivity index (χ4v) is 6.48. The molecule has 0 saturated carbocycles. The van der Waals surface area contributed by atoms with Gasteiger partial charge in [-0.1, -0.05) is 54.1 Å². The summed E-state index contributed by atoms with van der Waals surface area (Å²) in [5, 5.41) is 0. The average molecular weight is 575 g/mol. The monoisotopic (exact) mass is 574 g/mol. The van der Waals surface area contributed by atoms with E-state index in [0.717, 1.165) is 60.3 Å². The lowest BCUT2D eigenvalue weighted by atomic mass is 10.0. The number of rotatable bonds is 8. The van der Waals surface area contributed by atoms with Crippen LogP contribution in [0.4, 0.5) is 13.2 Å². The number of nitrogens with one attached hydrogen (secondary N) is 1. The summed E-state index contributed by atoms with van der Waals surface area (Å²) in [4.78, 5) is 2.49. The lowest BCUT2D eigenvalue weighted by Crippen LogP contribution is -2.40. The Morgan fingerprint density at radius 1 is 0.900 bits per heavy atom. The Morgan fingerprint density at radius 2 is 1.50 bits per heavy atom. The van der Waals surface area contributed by atoms with E-state index in [4.69, 9.17) is 4.74 Å². The van der Waals surface area contributed by atoms with Gasteiger partial charge in [0.2, 0.25) is 10.0 Å². The van der Waals surface area contributed by atoms with Crippen molar-refractivity contribution in [2.45, 2.75) is 76.4 Å². The van der Waals surface area contributed by atoms with Gasteiger partial charge in [0.05, 0.1) is 23.2 Å². The topological polar surface area (TPSA) is 58.6 Å². The molecular weight excluding hydrogens is 537 g/mol. The quantitative estimate of drug-likeness (QED) is 0.317. The van der Waals surface area contributed by atoms with Crippen LogP contribution in [0.15, 0.2) is 71.6 Å². The van der Waals surface area contributed by atoms with E-state index >= 15 is 0 Å². The van der Waals surface area contributed by atoms with Crippen molar-refractivity contribution in [2.75, 3.05) is 13.1 Å². The molecular formula is C31H37F3N2O3S. The molecule has 1 N–H and O–H groups in total. The van der Waals surface area contributed by atoms with Gasteiger partial charge in [-0.3, -0.25) is 4.90 Å². The number of piperidine rings is 1. The summed E-state index contributed by atoms with van der Waals surface area (Å²) in [5.74, 6) is 0. The minimum Gasteiger partial charge on any atom is -0.373 e. The van der Waals surface area contributed by atoms with E-state index in [2.05, 4.69) is 9.62 Å². The number of likely N-dealkylation sites (tertiary alicyclic amines) is 1. The Morgan fingerprint density at radius 3 is 2.08 bits per heavy atom. The van der Waals surface area contributed by atoms with Crippen molar-refractivity contribution in [3.05, 3.63) is 89.0 Å². The maximum absolute atomic E-state index is 13.1. The van der Waals surface area contributed by atoms with E-state index < -0.39 is 27.3 Å². The smallest absolute Gasteiger partial charge is 0.373 e. The molecule has 216 valence electrons. The van der Waals surface area contributed by atoms with Crippen molar-refractivity contribution in [3.63, 3.8) is 0 Å². The van der Waals surface area contributed by atoms with Crippen LogP contribution >= 0.6 is 0 Å². The van der Waals surface area contributed by atoms with E-state index in [1.165, 1.54) is 0 Å². The first-order valence-corrected chi connectivity index (χ1v) is 14.9. The number of benzene rings is 3. The average Bonchev–Trinajstić information content (AvgIpc) is 2.87. The highest BCUT2D eigenvalue weighted by atomic mass is 32.2. The fraction of sp³-hybridized carbons (Fsp3) is 0.419. The number of aryl methyl sites for hydroxylation is 1. The molecule has 40 heavy (non-hydrogen) atoms. The summed E-state index contributed by atoms with van der Waals surface area (Å²) in [6.07, 6.45) is -2.50. The standard InChI is InChI=1S/C31H37F3N2O3S/c1-22-5-14-29(40(37,38)35-30(2,3)4)28(19-22)25-10-6-24(7-11-25)21-39-27-15-17-36(18-16-27)20-23-8-12-26(13-9-23)31(32,33)34/h5-14,19,27,35H,15-18,20-21H2,1-4H3. The molecule has 0 unspecified atom stereocenters. The number of ether oxygens (including phenoxy) is 1. The second-order valence-corrected chi connectivity index (χ2v) is 13.2. The van der Waals surface area contributed by atoms with Crippen LogP contribution < -0.4 is 4.72 Å². The molecule has 0 bridgehead atoms. The van der Waals surface area contributed by atoms with Gasteiger partial charge in [-0.25, -0.2) is 13.1 Å². The molecule has 1 fully saturated rings. The minimum atomic E-state index is -4.32. The molecule has 0 aromatic heterocycles. The molecule has 3 aromatic carbocycles. The van der Waals surface area contributed by atoms with E-state index in [1.807, 2.05) is 58.0 Å². The molecule has 0 atom stereocenters.